The van der Waals surface area contributed by atoms with Crippen molar-refractivity contribution in [2.45, 2.75) is 19.8 Å². The van der Waals surface area contributed by atoms with Gasteiger partial charge in [0, 0.05) is 13.1 Å². The van der Waals surface area contributed by atoms with Crippen molar-refractivity contribution in [3.63, 3.8) is 0 Å². The van der Waals surface area contributed by atoms with Crippen LogP contribution in [0.4, 0.5) is 0 Å². The number of carbonyl (C=O) groups is 2. The van der Waals surface area contributed by atoms with E-state index in [2.05, 4.69) is 0 Å². The lowest BCUT2D eigenvalue weighted by Gasteiger charge is -2.31. The third-order valence-electron chi connectivity index (χ3n) is 3.51. The Morgan fingerprint density at radius 2 is 2.14 bits per heavy atom. The number of esters is 1. The van der Waals surface area contributed by atoms with Crippen molar-refractivity contribution in [1.29, 1.82) is 0 Å². The van der Waals surface area contributed by atoms with Gasteiger partial charge < -0.3 is 9.64 Å². The van der Waals surface area contributed by atoms with Gasteiger partial charge in [-0.1, -0.05) is 29.3 Å². The molecule has 114 valence electrons. The Kier molecular flexibility index (Phi) is 5.48. The van der Waals surface area contributed by atoms with Crippen LogP contribution in [0.1, 0.15) is 30.1 Å². The molecule has 0 radical (unpaired) electrons. The Morgan fingerprint density at radius 1 is 1.38 bits per heavy atom. The van der Waals surface area contributed by atoms with Gasteiger partial charge in [-0.25, -0.2) is 0 Å². The minimum atomic E-state index is -0.263. The van der Waals surface area contributed by atoms with Crippen molar-refractivity contribution in [2.75, 3.05) is 19.7 Å². The van der Waals surface area contributed by atoms with E-state index in [9.17, 15) is 9.59 Å². The van der Waals surface area contributed by atoms with E-state index < -0.39 is 0 Å². The molecule has 1 saturated heterocycles. The van der Waals surface area contributed by atoms with Crippen LogP contribution in [0.25, 0.3) is 0 Å². The Labute approximate surface area is 134 Å². The highest BCUT2D eigenvalue weighted by Gasteiger charge is 2.30. The number of amides is 1. The molecule has 1 heterocycles. The topological polar surface area (TPSA) is 46.6 Å². The van der Waals surface area contributed by atoms with Gasteiger partial charge in [0.25, 0.3) is 5.91 Å². The molecule has 0 aromatic heterocycles. The van der Waals surface area contributed by atoms with Gasteiger partial charge in [-0.2, -0.15) is 0 Å². The lowest BCUT2D eigenvalue weighted by atomic mass is 9.97. The van der Waals surface area contributed by atoms with Crippen molar-refractivity contribution >= 4 is 35.1 Å². The molecule has 0 saturated carbocycles. The summed E-state index contributed by atoms with van der Waals surface area (Å²) in [6.45, 7) is 3.09. The van der Waals surface area contributed by atoms with Crippen LogP contribution in [0.5, 0.6) is 0 Å². The molecule has 2 rings (SSSR count). The van der Waals surface area contributed by atoms with E-state index in [-0.39, 0.29) is 22.8 Å². The number of hydrogen-bond acceptors (Lipinski definition) is 3. The fourth-order valence-corrected chi connectivity index (χ4v) is 2.83. The summed E-state index contributed by atoms with van der Waals surface area (Å²) in [4.78, 5) is 26.0. The summed E-state index contributed by atoms with van der Waals surface area (Å²) in [6.07, 6.45) is 1.51. The Balaban J connectivity index is 2.12. The van der Waals surface area contributed by atoms with E-state index in [0.29, 0.717) is 30.3 Å². The molecule has 0 bridgehead atoms. The van der Waals surface area contributed by atoms with E-state index in [1.165, 1.54) is 0 Å². The summed E-state index contributed by atoms with van der Waals surface area (Å²) in [6, 6.07) is 4.97. The van der Waals surface area contributed by atoms with Crippen molar-refractivity contribution in [3.05, 3.63) is 33.8 Å². The molecule has 1 aromatic carbocycles. The number of benzene rings is 1. The first-order valence-electron chi connectivity index (χ1n) is 6.94. The third-order valence-corrected chi connectivity index (χ3v) is 4.33. The average molecular weight is 330 g/mol. The third kappa shape index (κ3) is 3.69. The molecule has 1 aliphatic rings. The van der Waals surface area contributed by atoms with Gasteiger partial charge in [0.2, 0.25) is 0 Å². The van der Waals surface area contributed by atoms with Gasteiger partial charge in [0.1, 0.15) is 0 Å². The summed E-state index contributed by atoms with van der Waals surface area (Å²) in [5, 5.41) is 0.601. The monoisotopic (exact) mass is 329 g/mol. The van der Waals surface area contributed by atoms with Gasteiger partial charge in [-0.3, -0.25) is 9.59 Å². The van der Waals surface area contributed by atoms with Gasteiger partial charge in [-0.05, 0) is 31.9 Å². The summed E-state index contributed by atoms with van der Waals surface area (Å²) in [5.74, 6) is -0.704. The molecule has 1 aliphatic heterocycles. The van der Waals surface area contributed by atoms with E-state index in [4.69, 9.17) is 27.9 Å². The van der Waals surface area contributed by atoms with Crippen LogP contribution in [-0.2, 0) is 9.53 Å². The molecule has 1 atom stereocenters. The zero-order valence-corrected chi connectivity index (χ0v) is 13.3. The van der Waals surface area contributed by atoms with E-state index in [0.717, 1.165) is 12.8 Å². The molecule has 0 N–H and O–H groups in total. The number of piperidine rings is 1. The summed E-state index contributed by atoms with van der Waals surface area (Å²) in [5.41, 5.74) is 0.369. The number of ether oxygens (including phenoxy) is 1. The molecular weight excluding hydrogens is 313 g/mol. The lowest BCUT2D eigenvalue weighted by molar-refractivity contribution is -0.149. The second-order valence-corrected chi connectivity index (χ2v) is 5.73. The maximum absolute atomic E-state index is 12.5. The highest BCUT2D eigenvalue weighted by molar-refractivity contribution is 6.43. The molecule has 6 heteroatoms. The normalized spacial score (nSPS) is 18.4. The number of likely N-dealkylation sites (tertiary alicyclic amines) is 1. The number of carbonyl (C=O) groups excluding carboxylic acids is 2. The first-order chi connectivity index (χ1) is 10.0. The molecule has 1 fully saturated rings. The second kappa shape index (κ2) is 7.14. The molecule has 21 heavy (non-hydrogen) atoms. The Morgan fingerprint density at radius 3 is 2.86 bits per heavy atom. The van der Waals surface area contributed by atoms with E-state index >= 15 is 0 Å². The fourth-order valence-electron chi connectivity index (χ4n) is 2.45. The summed E-state index contributed by atoms with van der Waals surface area (Å²) in [7, 11) is 0. The summed E-state index contributed by atoms with van der Waals surface area (Å²) < 4.78 is 5.03. The van der Waals surface area contributed by atoms with Gasteiger partial charge in [0.05, 0.1) is 28.1 Å². The van der Waals surface area contributed by atoms with Crippen LogP contribution in [0.15, 0.2) is 18.2 Å². The molecular formula is C15H17Cl2NO3. The Bertz CT molecular complexity index is 548. The first-order valence-corrected chi connectivity index (χ1v) is 7.70. The molecule has 0 spiro atoms. The van der Waals surface area contributed by atoms with Crippen LogP contribution >= 0.6 is 23.2 Å². The highest BCUT2D eigenvalue weighted by Crippen LogP contribution is 2.28. The predicted molar refractivity (Wildman–Crippen MR) is 81.7 cm³/mol. The fraction of sp³-hybridized carbons (Fsp3) is 0.467. The van der Waals surface area contributed by atoms with Crippen molar-refractivity contribution in [3.8, 4) is 0 Å². The van der Waals surface area contributed by atoms with Crippen LogP contribution in [0.2, 0.25) is 10.0 Å². The minimum Gasteiger partial charge on any atom is -0.466 e. The number of halogens is 2. The van der Waals surface area contributed by atoms with Crippen molar-refractivity contribution < 1.29 is 14.3 Å². The van der Waals surface area contributed by atoms with E-state index in [1.54, 1.807) is 30.0 Å². The maximum Gasteiger partial charge on any atom is 0.310 e. The smallest absolute Gasteiger partial charge is 0.310 e. The van der Waals surface area contributed by atoms with Gasteiger partial charge >= 0.3 is 5.97 Å². The second-order valence-electron chi connectivity index (χ2n) is 4.94. The predicted octanol–water partition coefficient (Wildman–Crippen LogP) is 3.41. The molecule has 0 aliphatic carbocycles. The first kappa shape index (κ1) is 16.1. The lowest BCUT2D eigenvalue weighted by Crippen LogP contribution is -2.42. The van der Waals surface area contributed by atoms with Crippen molar-refractivity contribution in [1.82, 2.24) is 4.90 Å². The zero-order valence-electron chi connectivity index (χ0n) is 11.8. The van der Waals surface area contributed by atoms with E-state index in [1.807, 2.05) is 0 Å². The van der Waals surface area contributed by atoms with Crippen LogP contribution in [-0.4, -0.2) is 36.5 Å². The molecule has 1 amide bonds. The highest BCUT2D eigenvalue weighted by atomic mass is 35.5. The maximum atomic E-state index is 12.5. The van der Waals surface area contributed by atoms with Gasteiger partial charge in [-0.15, -0.1) is 0 Å². The zero-order chi connectivity index (χ0) is 15.4. The van der Waals surface area contributed by atoms with Crippen LogP contribution in [0.3, 0.4) is 0 Å². The standard InChI is InChI=1S/C15H17Cl2NO3/c1-2-21-15(20)10-5-4-8-18(9-10)14(19)11-6-3-7-12(16)13(11)17/h3,6-7,10H,2,4-5,8-9H2,1H3/t10-/m1/s1. The Hall–Kier alpha value is -1.26. The number of hydrogen-bond donors (Lipinski definition) is 0. The SMILES string of the molecule is CCOC(=O)[C@@H]1CCCN(C(=O)c2cccc(Cl)c2Cl)C1. The van der Waals surface area contributed by atoms with Crippen LogP contribution < -0.4 is 0 Å². The number of nitrogens with zero attached hydrogens (tertiary/aromatic N) is 1. The summed E-state index contributed by atoms with van der Waals surface area (Å²) >= 11 is 12.0. The van der Waals surface area contributed by atoms with Crippen molar-refractivity contribution in [2.24, 2.45) is 5.92 Å². The molecule has 0 unspecified atom stereocenters. The molecule has 4 nitrogen and oxygen atoms in total. The largest absolute Gasteiger partial charge is 0.466 e. The average Bonchev–Trinajstić information content (AvgIpc) is 2.50. The molecule has 1 aromatic rings. The minimum absolute atomic E-state index is 0.198. The quantitative estimate of drug-likeness (QED) is 0.798. The number of rotatable bonds is 3. The van der Waals surface area contributed by atoms with Gasteiger partial charge in [0.15, 0.2) is 0 Å². The van der Waals surface area contributed by atoms with Crippen LogP contribution in [0, 0.1) is 5.92 Å².